The Morgan fingerprint density at radius 1 is 1.28 bits per heavy atom. The van der Waals surface area contributed by atoms with Crippen molar-refractivity contribution in [2.75, 3.05) is 32.6 Å². The van der Waals surface area contributed by atoms with Crippen molar-refractivity contribution >= 4 is 40.6 Å². The van der Waals surface area contributed by atoms with Crippen molar-refractivity contribution in [3.8, 4) is 11.5 Å². The summed E-state index contributed by atoms with van der Waals surface area (Å²) >= 11 is 5.88. The monoisotopic (exact) mass is 557 g/mol. The van der Waals surface area contributed by atoms with Gasteiger partial charge in [0.2, 0.25) is 5.91 Å². The number of hydrogen-bond donors (Lipinski definition) is 3. The quantitative estimate of drug-likeness (QED) is 0.270. The number of halogens is 2. The Hall–Kier alpha value is -4.32. The van der Waals surface area contributed by atoms with Crippen molar-refractivity contribution in [2.45, 2.75) is 25.5 Å². The van der Waals surface area contributed by atoms with Crippen LogP contribution in [0.25, 0.3) is 0 Å². The van der Waals surface area contributed by atoms with Crippen molar-refractivity contribution in [1.82, 2.24) is 14.7 Å². The van der Waals surface area contributed by atoms with Crippen LogP contribution >= 0.6 is 11.6 Å². The van der Waals surface area contributed by atoms with E-state index < -0.39 is 11.7 Å². The lowest BCUT2D eigenvalue weighted by Crippen LogP contribution is -2.45. The Balaban J connectivity index is 1.54. The van der Waals surface area contributed by atoms with Crippen LogP contribution in [0.1, 0.15) is 28.8 Å². The molecule has 2 aromatic carbocycles. The lowest BCUT2D eigenvalue weighted by atomic mass is 10.1. The van der Waals surface area contributed by atoms with Crippen molar-refractivity contribution in [3.05, 3.63) is 64.7 Å². The number of nitrogens with zero attached hydrogens (tertiary/aromatic N) is 4. The number of amidine groups is 1. The molecule has 0 spiro atoms. The van der Waals surface area contributed by atoms with Gasteiger partial charge in [-0.15, -0.1) is 0 Å². The summed E-state index contributed by atoms with van der Waals surface area (Å²) in [6.45, 7) is 0.873. The average Bonchev–Trinajstić information content (AvgIpc) is 3.40. The minimum Gasteiger partial charge on any atom is -0.493 e. The Morgan fingerprint density at radius 3 is 2.77 bits per heavy atom. The standard InChI is InChI=1S/C26H29ClFN7O4/c1-31-20-10-21(38-2)22(9-17(20)25(29)33-19-7-3-6-18(27)24(19)28)39-16-5-4-8-34(13-16)23(36)14-35-12-15(11-32-35)26(30)37/h3,6-7,9-12,16,31H,4-5,8,13-14H2,1-2H3,(H2,29,33)(H2,30,37)/t16-/m1/s1. The van der Waals surface area contributed by atoms with Gasteiger partial charge in [-0.1, -0.05) is 17.7 Å². The summed E-state index contributed by atoms with van der Waals surface area (Å²) in [5, 5.41) is 7.01. The fraction of sp³-hybridized carbons (Fsp3) is 0.308. The topological polar surface area (TPSA) is 150 Å². The summed E-state index contributed by atoms with van der Waals surface area (Å²) < 4.78 is 27.6. The molecule has 1 aromatic heterocycles. The minimum absolute atomic E-state index is 0.00176. The van der Waals surface area contributed by atoms with E-state index in [2.05, 4.69) is 15.4 Å². The number of carbonyl (C=O) groups is 2. The number of aromatic nitrogens is 2. The van der Waals surface area contributed by atoms with Crippen LogP contribution in [0.5, 0.6) is 11.5 Å². The van der Waals surface area contributed by atoms with E-state index >= 15 is 0 Å². The molecule has 2 amide bonds. The van der Waals surface area contributed by atoms with E-state index in [1.807, 2.05) is 0 Å². The maximum absolute atomic E-state index is 14.4. The largest absolute Gasteiger partial charge is 0.493 e. The second-order valence-electron chi connectivity index (χ2n) is 8.88. The Morgan fingerprint density at radius 2 is 2.08 bits per heavy atom. The smallest absolute Gasteiger partial charge is 0.251 e. The molecular formula is C26H29ClFN7O4. The van der Waals surface area contributed by atoms with E-state index in [1.54, 1.807) is 30.1 Å². The van der Waals surface area contributed by atoms with Crippen molar-refractivity contribution < 1.29 is 23.5 Å². The van der Waals surface area contributed by atoms with Gasteiger partial charge in [0, 0.05) is 37.1 Å². The molecule has 4 rings (SSSR count). The highest BCUT2D eigenvalue weighted by Crippen LogP contribution is 2.36. The molecule has 2 heterocycles. The molecule has 1 saturated heterocycles. The van der Waals surface area contributed by atoms with Crippen LogP contribution < -0.4 is 26.3 Å². The van der Waals surface area contributed by atoms with Crippen LogP contribution in [0.2, 0.25) is 5.02 Å². The van der Waals surface area contributed by atoms with Crippen molar-refractivity contribution in [3.63, 3.8) is 0 Å². The number of anilines is 1. The molecule has 1 atom stereocenters. The summed E-state index contributed by atoms with van der Waals surface area (Å²) in [6, 6.07) is 7.86. The third kappa shape index (κ3) is 6.40. The summed E-state index contributed by atoms with van der Waals surface area (Å²) in [5.41, 5.74) is 12.8. The maximum Gasteiger partial charge on any atom is 0.251 e. The van der Waals surface area contributed by atoms with Gasteiger partial charge in [-0.2, -0.15) is 5.10 Å². The molecule has 11 nitrogen and oxygen atoms in total. The first-order chi connectivity index (χ1) is 18.7. The van der Waals surface area contributed by atoms with Crippen molar-refractivity contribution in [2.24, 2.45) is 16.5 Å². The molecule has 0 saturated carbocycles. The molecule has 1 aliphatic heterocycles. The first-order valence-electron chi connectivity index (χ1n) is 12.1. The number of nitrogens with two attached hydrogens (primary N) is 2. The number of amides is 2. The molecule has 1 fully saturated rings. The Bertz CT molecular complexity index is 1410. The molecular weight excluding hydrogens is 529 g/mol. The van der Waals surface area contributed by atoms with E-state index in [4.69, 9.17) is 32.5 Å². The molecule has 5 N–H and O–H groups in total. The zero-order valence-electron chi connectivity index (χ0n) is 21.5. The van der Waals surface area contributed by atoms with E-state index in [1.165, 1.54) is 36.3 Å². The third-order valence-electron chi connectivity index (χ3n) is 6.26. The molecule has 13 heteroatoms. The van der Waals surface area contributed by atoms with Crippen LogP contribution in [0.15, 0.2) is 47.7 Å². The number of carbonyl (C=O) groups excluding carboxylic acids is 2. The van der Waals surface area contributed by atoms with Gasteiger partial charge in [0.1, 0.15) is 24.2 Å². The van der Waals surface area contributed by atoms with Gasteiger partial charge in [0.15, 0.2) is 17.3 Å². The minimum atomic E-state index is -0.675. The van der Waals surface area contributed by atoms with Crippen LogP contribution in [0.3, 0.4) is 0 Å². The predicted octanol–water partition coefficient (Wildman–Crippen LogP) is 2.93. The number of methoxy groups -OCH3 is 1. The van der Waals surface area contributed by atoms with E-state index in [-0.39, 0.29) is 40.7 Å². The number of ether oxygens (including phenoxy) is 2. The number of likely N-dealkylation sites (tertiary alicyclic amines) is 1. The van der Waals surface area contributed by atoms with Crippen molar-refractivity contribution in [1.29, 1.82) is 0 Å². The Kier molecular flexibility index (Phi) is 8.55. The number of hydrogen-bond acceptors (Lipinski definition) is 7. The first-order valence-corrected chi connectivity index (χ1v) is 12.5. The summed E-state index contributed by atoms with van der Waals surface area (Å²) in [7, 11) is 3.23. The number of piperidine rings is 1. The molecule has 39 heavy (non-hydrogen) atoms. The maximum atomic E-state index is 14.4. The molecule has 0 radical (unpaired) electrons. The summed E-state index contributed by atoms with van der Waals surface area (Å²) in [5.74, 6) is -0.562. The molecule has 3 aromatic rings. The molecule has 0 aliphatic carbocycles. The van der Waals surface area contributed by atoms with Crippen LogP contribution in [-0.2, 0) is 11.3 Å². The van der Waals surface area contributed by atoms with Gasteiger partial charge >= 0.3 is 0 Å². The number of primary amides is 1. The molecule has 1 aliphatic rings. The molecule has 0 unspecified atom stereocenters. The van der Waals surface area contributed by atoms with Crippen LogP contribution in [0.4, 0.5) is 15.8 Å². The van der Waals surface area contributed by atoms with Gasteiger partial charge in [-0.25, -0.2) is 9.38 Å². The van der Waals surface area contributed by atoms with Gasteiger partial charge in [0.25, 0.3) is 5.91 Å². The molecule has 0 bridgehead atoms. The fourth-order valence-electron chi connectivity index (χ4n) is 4.26. The predicted molar refractivity (Wildman–Crippen MR) is 145 cm³/mol. The lowest BCUT2D eigenvalue weighted by molar-refractivity contribution is -0.134. The van der Waals surface area contributed by atoms with E-state index in [9.17, 15) is 14.0 Å². The zero-order chi connectivity index (χ0) is 28.1. The highest BCUT2D eigenvalue weighted by Gasteiger charge is 2.27. The van der Waals surface area contributed by atoms with Crippen LogP contribution in [0, 0.1) is 5.82 Å². The normalized spacial score (nSPS) is 15.6. The van der Waals surface area contributed by atoms with Crippen LogP contribution in [-0.4, -0.2) is 65.7 Å². The number of benzene rings is 2. The van der Waals surface area contributed by atoms with Gasteiger partial charge in [0.05, 0.1) is 30.4 Å². The lowest BCUT2D eigenvalue weighted by Gasteiger charge is -2.33. The van der Waals surface area contributed by atoms with E-state index in [0.29, 0.717) is 42.3 Å². The Labute approximate surface area is 229 Å². The number of aliphatic imine (C=N–C) groups is 1. The van der Waals surface area contributed by atoms with Gasteiger partial charge in [-0.3, -0.25) is 14.3 Å². The SMILES string of the molecule is CNc1cc(OC)c(O[C@@H]2CCCN(C(=O)Cn3cc(C(N)=O)cn3)C2)cc1C(N)=Nc1cccc(Cl)c1F. The average molecular weight is 558 g/mol. The van der Waals surface area contributed by atoms with Gasteiger partial charge in [-0.05, 0) is 31.0 Å². The first kappa shape index (κ1) is 27.7. The van der Waals surface area contributed by atoms with Gasteiger partial charge < -0.3 is 31.2 Å². The van der Waals surface area contributed by atoms with E-state index in [0.717, 1.165) is 6.42 Å². The summed E-state index contributed by atoms with van der Waals surface area (Å²) in [4.78, 5) is 30.1. The fourth-order valence-corrected chi connectivity index (χ4v) is 4.42. The highest BCUT2D eigenvalue weighted by atomic mass is 35.5. The second-order valence-corrected chi connectivity index (χ2v) is 9.29. The number of nitrogens with one attached hydrogen (secondary N) is 1. The highest BCUT2D eigenvalue weighted by molar-refractivity contribution is 6.31. The third-order valence-corrected chi connectivity index (χ3v) is 6.55. The summed E-state index contributed by atoms with van der Waals surface area (Å²) in [6.07, 6.45) is 3.87. The second kappa shape index (κ2) is 12.0. The molecule has 206 valence electrons. The number of rotatable bonds is 9. The zero-order valence-corrected chi connectivity index (χ0v) is 22.2.